The van der Waals surface area contributed by atoms with E-state index in [2.05, 4.69) is 22.6 Å². The van der Waals surface area contributed by atoms with Gasteiger partial charge in [-0.25, -0.2) is 0 Å². The lowest BCUT2D eigenvalue weighted by molar-refractivity contribution is 0.173. The minimum atomic E-state index is -0.392. The average molecular weight is 354 g/mol. The van der Waals surface area contributed by atoms with Gasteiger partial charge in [-0.2, -0.15) is 0 Å². The molecule has 0 aliphatic rings. The molecular formula is C15H15IO2. The molecule has 0 heterocycles. The van der Waals surface area contributed by atoms with E-state index < -0.39 is 6.10 Å². The van der Waals surface area contributed by atoms with Gasteiger partial charge in [-0.15, -0.1) is 0 Å². The summed E-state index contributed by atoms with van der Waals surface area (Å²) < 4.78 is 6.88. The Kier molecular flexibility index (Phi) is 4.60. The van der Waals surface area contributed by atoms with Crippen LogP contribution in [0.25, 0.3) is 0 Å². The Balaban J connectivity index is 2.11. The van der Waals surface area contributed by atoms with Crippen LogP contribution in [0.4, 0.5) is 0 Å². The maximum atomic E-state index is 9.70. The van der Waals surface area contributed by atoms with Gasteiger partial charge in [0.15, 0.2) is 0 Å². The van der Waals surface area contributed by atoms with Crippen molar-refractivity contribution >= 4 is 22.6 Å². The molecule has 1 N–H and O–H groups in total. The maximum Gasteiger partial charge on any atom is 0.128 e. The minimum Gasteiger partial charge on any atom is -0.457 e. The second-order valence-electron chi connectivity index (χ2n) is 4.05. The monoisotopic (exact) mass is 354 g/mol. The molecule has 1 atom stereocenters. The molecule has 18 heavy (non-hydrogen) atoms. The molecule has 0 bridgehead atoms. The largest absolute Gasteiger partial charge is 0.457 e. The van der Waals surface area contributed by atoms with Crippen LogP contribution in [0.15, 0.2) is 48.5 Å². The molecule has 1 unspecified atom stereocenters. The van der Waals surface area contributed by atoms with E-state index in [4.69, 9.17) is 4.74 Å². The molecule has 0 aromatic heterocycles. The number of benzene rings is 2. The molecule has 0 amide bonds. The summed E-state index contributed by atoms with van der Waals surface area (Å²) >= 11 is 2.25. The highest BCUT2D eigenvalue weighted by molar-refractivity contribution is 14.1. The van der Waals surface area contributed by atoms with Gasteiger partial charge in [0.1, 0.15) is 11.5 Å². The topological polar surface area (TPSA) is 29.5 Å². The number of hydrogen-bond donors (Lipinski definition) is 1. The fraction of sp³-hybridized carbons (Fsp3) is 0.200. The molecule has 2 nitrogen and oxygen atoms in total. The van der Waals surface area contributed by atoms with Crippen LogP contribution < -0.4 is 4.74 Å². The Morgan fingerprint density at radius 3 is 2.44 bits per heavy atom. The highest BCUT2D eigenvalue weighted by Gasteiger charge is 2.04. The van der Waals surface area contributed by atoms with Gasteiger partial charge >= 0.3 is 0 Å². The van der Waals surface area contributed by atoms with Crippen LogP contribution >= 0.6 is 22.6 Å². The van der Waals surface area contributed by atoms with E-state index in [9.17, 15) is 5.11 Å². The first-order chi connectivity index (χ1) is 8.69. The molecule has 0 saturated heterocycles. The summed E-state index contributed by atoms with van der Waals surface area (Å²) in [5.41, 5.74) is 0.924. The molecule has 0 radical (unpaired) electrons. The normalized spacial score (nSPS) is 12.2. The lowest BCUT2D eigenvalue weighted by Crippen LogP contribution is -1.94. The van der Waals surface area contributed by atoms with Crippen molar-refractivity contribution in [2.45, 2.75) is 19.4 Å². The summed E-state index contributed by atoms with van der Waals surface area (Å²) in [4.78, 5) is 0. The smallest absolute Gasteiger partial charge is 0.128 e. The second-order valence-corrected chi connectivity index (χ2v) is 5.30. The zero-order chi connectivity index (χ0) is 13.0. The summed E-state index contributed by atoms with van der Waals surface area (Å²) in [6.45, 7) is 1.96. The molecule has 94 valence electrons. The third-order valence-corrected chi connectivity index (χ3v) is 3.35. The molecule has 0 aliphatic heterocycles. The first-order valence-corrected chi connectivity index (χ1v) is 6.98. The lowest BCUT2D eigenvalue weighted by Gasteiger charge is -2.10. The van der Waals surface area contributed by atoms with Gasteiger partial charge in [0, 0.05) is 3.57 Å². The van der Waals surface area contributed by atoms with Crippen molar-refractivity contribution in [1.82, 2.24) is 0 Å². The Labute approximate surface area is 121 Å². The van der Waals surface area contributed by atoms with Crippen molar-refractivity contribution in [3.05, 3.63) is 57.7 Å². The van der Waals surface area contributed by atoms with Crippen LogP contribution in [-0.4, -0.2) is 5.11 Å². The Hall–Kier alpha value is -1.07. The zero-order valence-electron chi connectivity index (χ0n) is 10.1. The van der Waals surface area contributed by atoms with Crippen molar-refractivity contribution in [3.63, 3.8) is 0 Å². The Bertz CT molecular complexity index is 508. The summed E-state index contributed by atoms with van der Waals surface area (Å²) in [7, 11) is 0. The second kappa shape index (κ2) is 6.20. The molecule has 0 fully saturated rings. The van der Waals surface area contributed by atoms with Crippen LogP contribution in [0.3, 0.4) is 0 Å². The third kappa shape index (κ3) is 3.46. The van der Waals surface area contributed by atoms with E-state index in [0.29, 0.717) is 0 Å². The van der Waals surface area contributed by atoms with E-state index >= 15 is 0 Å². The standard InChI is InChI=1S/C15H15IO2/c1-2-15(17)11-6-8-13(9-7-11)18-14-5-3-4-12(16)10-14/h3-10,15,17H,2H2,1H3. The summed E-state index contributed by atoms with van der Waals surface area (Å²) in [6.07, 6.45) is 0.327. The van der Waals surface area contributed by atoms with Gasteiger partial charge < -0.3 is 9.84 Å². The minimum absolute atomic E-state index is 0.392. The van der Waals surface area contributed by atoms with E-state index in [0.717, 1.165) is 27.1 Å². The number of aliphatic hydroxyl groups is 1. The van der Waals surface area contributed by atoms with Crippen molar-refractivity contribution in [3.8, 4) is 11.5 Å². The van der Waals surface area contributed by atoms with Crippen LogP contribution in [0.1, 0.15) is 25.0 Å². The van der Waals surface area contributed by atoms with Crippen molar-refractivity contribution in [2.75, 3.05) is 0 Å². The number of rotatable bonds is 4. The first kappa shape index (κ1) is 13.4. The lowest BCUT2D eigenvalue weighted by atomic mass is 10.1. The van der Waals surface area contributed by atoms with Gasteiger partial charge in [0.25, 0.3) is 0 Å². The number of hydrogen-bond acceptors (Lipinski definition) is 2. The van der Waals surface area contributed by atoms with Crippen LogP contribution in [0, 0.1) is 3.57 Å². The van der Waals surface area contributed by atoms with Crippen LogP contribution in [0.2, 0.25) is 0 Å². The Morgan fingerprint density at radius 1 is 1.11 bits per heavy atom. The fourth-order valence-electron chi connectivity index (χ4n) is 1.66. The molecule has 0 aliphatic carbocycles. The predicted octanol–water partition coefficient (Wildman–Crippen LogP) is 4.53. The predicted molar refractivity (Wildman–Crippen MR) is 80.9 cm³/mol. The summed E-state index contributed by atoms with van der Waals surface area (Å²) in [5.74, 6) is 1.61. The van der Waals surface area contributed by atoms with Gasteiger partial charge in [-0.1, -0.05) is 25.1 Å². The highest BCUT2D eigenvalue weighted by atomic mass is 127. The number of ether oxygens (including phenoxy) is 1. The van der Waals surface area contributed by atoms with Gasteiger partial charge in [0.05, 0.1) is 6.10 Å². The Morgan fingerprint density at radius 2 is 1.83 bits per heavy atom. The fourth-order valence-corrected chi connectivity index (χ4v) is 2.17. The number of halogens is 1. The summed E-state index contributed by atoms with van der Waals surface area (Å²) in [5, 5.41) is 9.70. The highest BCUT2D eigenvalue weighted by Crippen LogP contribution is 2.25. The molecule has 0 saturated carbocycles. The molecule has 0 spiro atoms. The van der Waals surface area contributed by atoms with Gasteiger partial charge in [-0.3, -0.25) is 0 Å². The van der Waals surface area contributed by atoms with Crippen molar-refractivity contribution in [1.29, 1.82) is 0 Å². The summed E-state index contributed by atoms with van der Waals surface area (Å²) in [6, 6.07) is 15.5. The zero-order valence-corrected chi connectivity index (χ0v) is 12.3. The van der Waals surface area contributed by atoms with Gasteiger partial charge in [0.2, 0.25) is 0 Å². The SMILES string of the molecule is CCC(O)c1ccc(Oc2cccc(I)c2)cc1. The van der Waals surface area contributed by atoms with E-state index in [1.807, 2.05) is 55.5 Å². The van der Waals surface area contributed by atoms with Crippen molar-refractivity contribution in [2.24, 2.45) is 0 Å². The van der Waals surface area contributed by atoms with Crippen LogP contribution in [0.5, 0.6) is 11.5 Å². The molecule has 2 aromatic carbocycles. The van der Waals surface area contributed by atoms with E-state index in [-0.39, 0.29) is 0 Å². The molecular weight excluding hydrogens is 339 g/mol. The van der Waals surface area contributed by atoms with E-state index in [1.165, 1.54) is 0 Å². The maximum absolute atomic E-state index is 9.70. The number of aliphatic hydroxyl groups excluding tert-OH is 1. The molecule has 3 heteroatoms. The molecule has 2 aromatic rings. The average Bonchev–Trinajstić information content (AvgIpc) is 2.39. The van der Waals surface area contributed by atoms with E-state index in [1.54, 1.807) is 0 Å². The van der Waals surface area contributed by atoms with Gasteiger partial charge in [-0.05, 0) is 64.9 Å². The first-order valence-electron chi connectivity index (χ1n) is 5.90. The molecule has 2 rings (SSSR count). The van der Waals surface area contributed by atoms with Crippen molar-refractivity contribution < 1.29 is 9.84 Å². The quantitative estimate of drug-likeness (QED) is 0.818. The third-order valence-electron chi connectivity index (χ3n) is 2.68. The van der Waals surface area contributed by atoms with Crippen LogP contribution in [-0.2, 0) is 0 Å².